The lowest BCUT2D eigenvalue weighted by atomic mass is 10.1. The predicted molar refractivity (Wildman–Crippen MR) is 82.2 cm³/mol. The van der Waals surface area contributed by atoms with E-state index in [0.29, 0.717) is 6.61 Å². The van der Waals surface area contributed by atoms with Crippen molar-refractivity contribution in [3.63, 3.8) is 0 Å². The van der Waals surface area contributed by atoms with Gasteiger partial charge < -0.3 is 15.0 Å². The maximum atomic E-state index is 5.95. The summed E-state index contributed by atoms with van der Waals surface area (Å²) in [6.45, 7) is 9.72. The van der Waals surface area contributed by atoms with Crippen molar-refractivity contribution in [1.29, 1.82) is 0 Å². The SMILES string of the molecule is CCNCc1c(C)cc(C)nc1OCCN(C)C1CC1. The van der Waals surface area contributed by atoms with Crippen molar-refractivity contribution in [3.8, 4) is 5.88 Å². The third kappa shape index (κ3) is 4.18. The third-order valence-corrected chi connectivity index (χ3v) is 3.84. The summed E-state index contributed by atoms with van der Waals surface area (Å²) in [6.07, 6.45) is 2.67. The molecule has 1 saturated carbocycles. The summed E-state index contributed by atoms with van der Waals surface area (Å²) in [5.41, 5.74) is 3.46. The van der Waals surface area contributed by atoms with Crippen molar-refractivity contribution in [2.24, 2.45) is 0 Å². The van der Waals surface area contributed by atoms with Crippen LogP contribution in [0.2, 0.25) is 0 Å². The van der Waals surface area contributed by atoms with E-state index in [1.807, 2.05) is 6.92 Å². The van der Waals surface area contributed by atoms with Crippen LogP contribution in [0.5, 0.6) is 5.88 Å². The second kappa shape index (κ2) is 7.04. The summed E-state index contributed by atoms with van der Waals surface area (Å²) in [4.78, 5) is 6.95. The molecule has 1 aromatic rings. The lowest BCUT2D eigenvalue weighted by Gasteiger charge is -2.18. The second-order valence-electron chi connectivity index (χ2n) is 5.70. The van der Waals surface area contributed by atoms with E-state index in [0.717, 1.165) is 37.3 Å². The fourth-order valence-corrected chi connectivity index (χ4v) is 2.40. The average molecular weight is 277 g/mol. The largest absolute Gasteiger partial charge is 0.476 e. The molecule has 0 atom stereocenters. The van der Waals surface area contributed by atoms with Crippen LogP contribution in [0.1, 0.15) is 36.6 Å². The van der Waals surface area contributed by atoms with Crippen LogP contribution in [0.4, 0.5) is 0 Å². The zero-order valence-corrected chi connectivity index (χ0v) is 13.2. The van der Waals surface area contributed by atoms with Gasteiger partial charge in [-0.05, 0) is 51.9 Å². The van der Waals surface area contributed by atoms with Crippen molar-refractivity contribution in [1.82, 2.24) is 15.2 Å². The molecule has 2 rings (SSSR count). The molecule has 0 radical (unpaired) electrons. The number of aryl methyl sites for hydroxylation is 2. The number of hydrogen-bond donors (Lipinski definition) is 1. The maximum Gasteiger partial charge on any atom is 0.218 e. The van der Waals surface area contributed by atoms with Crippen LogP contribution >= 0.6 is 0 Å². The van der Waals surface area contributed by atoms with Gasteiger partial charge in [0.25, 0.3) is 0 Å². The van der Waals surface area contributed by atoms with Crippen LogP contribution in [0.25, 0.3) is 0 Å². The van der Waals surface area contributed by atoms with Gasteiger partial charge >= 0.3 is 0 Å². The first-order valence-electron chi connectivity index (χ1n) is 7.62. The number of likely N-dealkylation sites (N-methyl/N-ethyl adjacent to an activating group) is 1. The molecular weight excluding hydrogens is 250 g/mol. The first-order valence-corrected chi connectivity index (χ1v) is 7.62. The molecule has 0 aliphatic heterocycles. The molecule has 4 heteroatoms. The van der Waals surface area contributed by atoms with E-state index < -0.39 is 0 Å². The molecule has 1 fully saturated rings. The van der Waals surface area contributed by atoms with E-state index in [2.05, 4.69) is 42.2 Å². The van der Waals surface area contributed by atoms with Crippen molar-refractivity contribution in [3.05, 3.63) is 22.9 Å². The Balaban J connectivity index is 1.96. The quantitative estimate of drug-likeness (QED) is 0.791. The maximum absolute atomic E-state index is 5.95. The number of nitrogens with zero attached hydrogens (tertiary/aromatic N) is 2. The summed E-state index contributed by atoms with van der Waals surface area (Å²) in [5.74, 6) is 0.799. The fourth-order valence-electron chi connectivity index (χ4n) is 2.40. The Labute approximate surface area is 122 Å². The Morgan fingerprint density at radius 3 is 2.80 bits per heavy atom. The van der Waals surface area contributed by atoms with Gasteiger partial charge in [-0.25, -0.2) is 4.98 Å². The minimum atomic E-state index is 0.710. The minimum absolute atomic E-state index is 0.710. The highest BCUT2D eigenvalue weighted by atomic mass is 16.5. The van der Waals surface area contributed by atoms with Gasteiger partial charge in [-0.15, -0.1) is 0 Å². The van der Waals surface area contributed by atoms with E-state index in [1.54, 1.807) is 0 Å². The highest BCUT2D eigenvalue weighted by molar-refractivity contribution is 5.35. The monoisotopic (exact) mass is 277 g/mol. The Morgan fingerprint density at radius 2 is 2.15 bits per heavy atom. The lowest BCUT2D eigenvalue weighted by Crippen LogP contribution is -2.26. The van der Waals surface area contributed by atoms with Crippen molar-refractivity contribution < 1.29 is 4.74 Å². The van der Waals surface area contributed by atoms with Crippen LogP contribution in [0.15, 0.2) is 6.07 Å². The van der Waals surface area contributed by atoms with Gasteiger partial charge in [-0.2, -0.15) is 0 Å². The van der Waals surface area contributed by atoms with Gasteiger partial charge in [-0.1, -0.05) is 6.92 Å². The molecule has 1 heterocycles. The summed E-state index contributed by atoms with van der Waals surface area (Å²) in [6, 6.07) is 2.91. The summed E-state index contributed by atoms with van der Waals surface area (Å²) in [5, 5.41) is 3.36. The van der Waals surface area contributed by atoms with E-state index in [4.69, 9.17) is 4.74 Å². The number of nitrogens with one attached hydrogen (secondary N) is 1. The van der Waals surface area contributed by atoms with E-state index in [9.17, 15) is 0 Å². The fraction of sp³-hybridized carbons (Fsp3) is 0.688. The van der Waals surface area contributed by atoms with Gasteiger partial charge in [0.15, 0.2) is 0 Å². The number of pyridine rings is 1. The van der Waals surface area contributed by atoms with Crippen molar-refractivity contribution in [2.45, 2.75) is 46.2 Å². The van der Waals surface area contributed by atoms with Crippen molar-refractivity contribution >= 4 is 0 Å². The van der Waals surface area contributed by atoms with Gasteiger partial charge in [0.2, 0.25) is 5.88 Å². The smallest absolute Gasteiger partial charge is 0.218 e. The molecule has 1 aromatic heterocycles. The van der Waals surface area contributed by atoms with E-state index in [1.165, 1.54) is 24.0 Å². The first kappa shape index (κ1) is 15.3. The first-order chi connectivity index (χ1) is 9.61. The van der Waals surface area contributed by atoms with Crippen LogP contribution < -0.4 is 10.1 Å². The highest BCUT2D eigenvalue weighted by Gasteiger charge is 2.25. The van der Waals surface area contributed by atoms with E-state index >= 15 is 0 Å². The highest BCUT2D eigenvalue weighted by Crippen LogP contribution is 2.25. The Hall–Kier alpha value is -1.13. The van der Waals surface area contributed by atoms with E-state index in [-0.39, 0.29) is 0 Å². The molecule has 1 aliphatic rings. The zero-order chi connectivity index (χ0) is 14.5. The molecule has 0 aromatic carbocycles. The molecular formula is C16H27N3O. The average Bonchev–Trinajstić information content (AvgIpc) is 3.21. The van der Waals surface area contributed by atoms with Crippen molar-refractivity contribution in [2.75, 3.05) is 26.7 Å². The Bertz CT molecular complexity index is 444. The van der Waals surface area contributed by atoms with Gasteiger partial charge in [-0.3, -0.25) is 0 Å². The summed E-state index contributed by atoms with van der Waals surface area (Å²) >= 11 is 0. The minimum Gasteiger partial charge on any atom is -0.476 e. The number of ether oxygens (including phenoxy) is 1. The molecule has 4 nitrogen and oxygen atoms in total. The predicted octanol–water partition coefficient (Wildman–Crippen LogP) is 2.28. The molecule has 112 valence electrons. The molecule has 0 amide bonds. The molecule has 1 N–H and O–H groups in total. The number of rotatable bonds is 8. The van der Waals surface area contributed by atoms with Crippen LogP contribution in [-0.4, -0.2) is 42.7 Å². The number of hydrogen-bond acceptors (Lipinski definition) is 4. The topological polar surface area (TPSA) is 37.4 Å². The summed E-state index contributed by atoms with van der Waals surface area (Å²) in [7, 11) is 2.18. The summed E-state index contributed by atoms with van der Waals surface area (Å²) < 4.78 is 5.95. The lowest BCUT2D eigenvalue weighted by molar-refractivity contribution is 0.224. The van der Waals surface area contributed by atoms with Crippen LogP contribution in [-0.2, 0) is 6.54 Å². The number of aromatic nitrogens is 1. The molecule has 1 aliphatic carbocycles. The van der Waals surface area contributed by atoms with Crippen LogP contribution in [0, 0.1) is 13.8 Å². The van der Waals surface area contributed by atoms with Gasteiger partial charge in [0.05, 0.1) is 0 Å². The van der Waals surface area contributed by atoms with Gasteiger partial charge in [0.1, 0.15) is 6.61 Å². The molecule has 0 spiro atoms. The molecule has 0 saturated heterocycles. The zero-order valence-electron chi connectivity index (χ0n) is 13.2. The second-order valence-corrected chi connectivity index (χ2v) is 5.70. The molecule has 0 unspecified atom stereocenters. The van der Waals surface area contributed by atoms with Crippen LogP contribution in [0.3, 0.4) is 0 Å². The Morgan fingerprint density at radius 1 is 1.40 bits per heavy atom. The normalized spacial score (nSPS) is 14.8. The molecule has 20 heavy (non-hydrogen) atoms. The Kier molecular flexibility index (Phi) is 5.38. The standard InChI is InChI=1S/C16H27N3O/c1-5-17-11-15-12(2)10-13(3)18-16(15)20-9-8-19(4)14-6-7-14/h10,14,17H,5-9,11H2,1-4H3. The molecule has 0 bridgehead atoms. The third-order valence-electron chi connectivity index (χ3n) is 3.84. The van der Waals surface area contributed by atoms with Gasteiger partial charge in [0, 0.05) is 30.4 Å².